The predicted molar refractivity (Wildman–Crippen MR) is 111 cm³/mol. The van der Waals surface area contributed by atoms with Crippen LogP contribution in [0.25, 0.3) is 32.7 Å². The Balaban J connectivity index is 1.79. The van der Waals surface area contributed by atoms with Gasteiger partial charge in [0.05, 0.1) is 5.69 Å². The quantitative estimate of drug-likeness (QED) is 0.413. The lowest BCUT2D eigenvalue weighted by Gasteiger charge is -2.24. The standard InChI is InChI=1S/C24H16N4/c1-2-4-16-14(3-1)9-20-24-18(16)8-13-5-6-15-10-21-23(26-12-25-20)19(17(15)7-13)11-22(27-21)28-24/h1-5,9-12H,6-8H2,(H,27,28)/p+1. The molecule has 0 atom stereocenters. The van der Waals surface area contributed by atoms with Crippen LogP contribution >= 0.6 is 0 Å². The van der Waals surface area contributed by atoms with Crippen LogP contribution in [0.4, 0.5) is 11.5 Å². The van der Waals surface area contributed by atoms with Crippen LogP contribution < -0.4 is 10.3 Å². The number of hydrogen-bond acceptors (Lipinski definition) is 3. The molecule has 0 radical (unpaired) electrons. The van der Waals surface area contributed by atoms with Gasteiger partial charge in [-0.3, -0.25) is 0 Å². The zero-order valence-electron chi connectivity index (χ0n) is 15.2. The summed E-state index contributed by atoms with van der Waals surface area (Å²) >= 11 is 0. The Morgan fingerprint density at radius 1 is 0.964 bits per heavy atom. The van der Waals surface area contributed by atoms with Gasteiger partial charge in [0.15, 0.2) is 5.52 Å². The lowest BCUT2D eigenvalue weighted by molar-refractivity contribution is -0.347. The average molecular weight is 361 g/mol. The second-order valence-corrected chi connectivity index (χ2v) is 7.88. The summed E-state index contributed by atoms with van der Waals surface area (Å²) in [6.45, 7) is 0. The van der Waals surface area contributed by atoms with E-state index in [4.69, 9.17) is 9.97 Å². The molecule has 28 heavy (non-hydrogen) atoms. The number of H-pyrrole nitrogens is 1. The number of benzene rings is 3. The van der Waals surface area contributed by atoms with Gasteiger partial charge in [-0.15, -0.1) is 0 Å². The zero-order valence-corrected chi connectivity index (χ0v) is 15.2. The number of allylic oxidation sites excluding steroid dienone is 2. The summed E-state index contributed by atoms with van der Waals surface area (Å²) in [4.78, 5) is 13.3. The fourth-order valence-corrected chi connectivity index (χ4v) is 4.98. The molecule has 3 aliphatic heterocycles. The number of fused-ring (bicyclic) bond motifs is 5. The largest absolute Gasteiger partial charge is 0.337 e. The molecule has 1 aromatic heterocycles. The van der Waals surface area contributed by atoms with Gasteiger partial charge in [0.1, 0.15) is 11.3 Å². The fourth-order valence-electron chi connectivity index (χ4n) is 4.98. The number of nitrogens with zero attached hydrogens (tertiary/aromatic N) is 2. The van der Waals surface area contributed by atoms with Crippen LogP contribution in [0.2, 0.25) is 0 Å². The van der Waals surface area contributed by atoms with E-state index in [1.165, 1.54) is 38.4 Å². The Morgan fingerprint density at radius 2 is 1.89 bits per heavy atom. The van der Waals surface area contributed by atoms with Crippen molar-refractivity contribution in [2.24, 2.45) is 0 Å². The summed E-state index contributed by atoms with van der Waals surface area (Å²) in [5.74, 6) is 0.895. The third-order valence-electron chi connectivity index (χ3n) is 6.28. The molecule has 0 unspecified atom stereocenters. The minimum Gasteiger partial charge on any atom is -0.337 e. The van der Waals surface area contributed by atoms with Crippen molar-refractivity contribution < 1.29 is 4.98 Å². The number of aromatic nitrogens is 3. The first-order valence-corrected chi connectivity index (χ1v) is 9.74. The molecule has 0 spiro atoms. The van der Waals surface area contributed by atoms with E-state index in [2.05, 4.69) is 58.8 Å². The van der Waals surface area contributed by atoms with Crippen LogP contribution in [0.1, 0.15) is 16.7 Å². The molecular formula is C24H17N4+. The monoisotopic (exact) mass is 361 g/mol. The van der Waals surface area contributed by atoms with Crippen LogP contribution in [-0.4, -0.2) is 9.97 Å². The van der Waals surface area contributed by atoms with E-state index in [0.717, 1.165) is 47.3 Å². The Morgan fingerprint density at radius 3 is 2.89 bits per heavy atom. The molecule has 132 valence electrons. The van der Waals surface area contributed by atoms with Gasteiger partial charge in [-0.05, 0) is 69.9 Å². The maximum Gasteiger partial charge on any atom is 0.285 e. The van der Waals surface area contributed by atoms with Gasteiger partial charge < -0.3 is 5.32 Å². The zero-order chi connectivity index (χ0) is 18.2. The van der Waals surface area contributed by atoms with E-state index in [1.807, 2.05) is 6.33 Å². The molecule has 4 aliphatic rings. The summed E-state index contributed by atoms with van der Waals surface area (Å²) in [6, 6.07) is 15.2. The first kappa shape index (κ1) is 14.5. The number of rotatable bonds is 0. The lowest BCUT2D eigenvalue weighted by atomic mass is 9.84. The first-order chi connectivity index (χ1) is 13.8. The van der Waals surface area contributed by atoms with Gasteiger partial charge in [-0.25, -0.2) is 9.97 Å². The predicted octanol–water partition coefficient (Wildman–Crippen LogP) is 4.51. The molecule has 4 aromatic rings. The highest BCUT2D eigenvalue weighted by atomic mass is 15.0. The van der Waals surface area contributed by atoms with Crippen molar-refractivity contribution in [3.8, 4) is 0 Å². The highest BCUT2D eigenvalue weighted by Gasteiger charge is 2.24. The van der Waals surface area contributed by atoms with E-state index in [9.17, 15) is 0 Å². The van der Waals surface area contributed by atoms with Crippen LogP contribution in [0, 0.1) is 0 Å². The smallest absolute Gasteiger partial charge is 0.285 e. The lowest BCUT2D eigenvalue weighted by Crippen LogP contribution is -2.15. The summed E-state index contributed by atoms with van der Waals surface area (Å²) in [5, 5.41) is 7.28. The number of hydrogen-bond donors (Lipinski definition) is 1. The molecule has 7 bridgehead atoms. The third-order valence-corrected chi connectivity index (χ3v) is 6.28. The van der Waals surface area contributed by atoms with E-state index in [1.54, 1.807) is 0 Å². The van der Waals surface area contributed by atoms with Crippen molar-refractivity contribution in [1.82, 2.24) is 9.97 Å². The van der Waals surface area contributed by atoms with Gasteiger partial charge in [0.2, 0.25) is 5.52 Å². The van der Waals surface area contributed by atoms with Crippen molar-refractivity contribution in [1.29, 1.82) is 0 Å². The summed E-state index contributed by atoms with van der Waals surface area (Å²) in [6.07, 6.45) is 7.14. The van der Waals surface area contributed by atoms with Crippen LogP contribution in [-0.2, 0) is 19.3 Å². The maximum atomic E-state index is 5.10. The first-order valence-electron chi connectivity index (χ1n) is 9.74. The molecule has 4 nitrogen and oxygen atoms in total. The average Bonchev–Trinajstić information content (AvgIpc) is 2.71. The minimum absolute atomic E-state index is 0.895. The highest BCUT2D eigenvalue weighted by molar-refractivity contribution is 6.01. The molecule has 0 fully saturated rings. The molecule has 1 aliphatic carbocycles. The van der Waals surface area contributed by atoms with Gasteiger partial charge in [0, 0.05) is 5.39 Å². The molecule has 8 rings (SSSR count). The number of aromatic amines is 1. The maximum absolute atomic E-state index is 5.10. The van der Waals surface area contributed by atoms with E-state index in [-0.39, 0.29) is 0 Å². The van der Waals surface area contributed by atoms with Gasteiger partial charge in [0.25, 0.3) is 6.33 Å². The van der Waals surface area contributed by atoms with Crippen LogP contribution in [0.15, 0.2) is 60.4 Å². The second kappa shape index (κ2) is 5.04. The van der Waals surface area contributed by atoms with E-state index < -0.39 is 0 Å². The molecule has 0 amide bonds. The molecule has 3 aromatic carbocycles. The normalized spacial score (nSPS) is 15.2. The van der Waals surface area contributed by atoms with E-state index in [0.29, 0.717) is 0 Å². The molecule has 2 N–H and O–H groups in total. The van der Waals surface area contributed by atoms with Crippen molar-refractivity contribution >= 4 is 44.2 Å². The molecule has 0 saturated heterocycles. The van der Waals surface area contributed by atoms with Gasteiger partial charge in [-0.2, -0.15) is 0 Å². The van der Waals surface area contributed by atoms with Gasteiger partial charge >= 0.3 is 0 Å². The van der Waals surface area contributed by atoms with Crippen molar-refractivity contribution in [3.63, 3.8) is 0 Å². The molecule has 0 saturated carbocycles. The number of anilines is 2. The van der Waals surface area contributed by atoms with Crippen molar-refractivity contribution in [2.45, 2.75) is 19.3 Å². The number of nitrogens with one attached hydrogen (secondary N) is 2. The third kappa shape index (κ3) is 1.87. The summed E-state index contributed by atoms with van der Waals surface area (Å²) in [5.41, 5.74) is 9.66. The molecule has 4 heteroatoms. The van der Waals surface area contributed by atoms with Crippen molar-refractivity contribution in [2.75, 3.05) is 5.32 Å². The fraction of sp³-hybridized carbons (Fsp3) is 0.125. The van der Waals surface area contributed by atoms with Crippen LogP contribution in [0.5, 0.6) is 0 Å². The SMILES string of the molecule is C1=C2Cc3c(cc4c5[nH+]cnc6cc7ccccc7c(c6nc(cc35)N4)C2)C1. The van der Waals surface area contributed by atoms with Gasteiger partial charge in [-0.1, -0.05) is 35.9 Å². The Hall–Kier alpha value is -3.53. The van der Waals surface area contributed by atoms with Crippen LogP contribution in [0.3, 0.4) is 0 Å². The molecule has 4 heterocycles. The second-order valence-electron chi connectivity index (χ2n) is 7.88. The van der Waals surface area contributed by atoms with E-state index >= 15 is 0 Å². The Labute approximate surface area is 161 Å². The molecular weight excluding hydrogens is 344 g/mol. The summed E-state index contributed by atoms with van der Waals surface area (Å²) < 4.78 is 0. The highest BCUT2D eigenvalue weighted by Crippen LogP contribution is 2.39. The van der Waals surface area contributed by atoms with Crippen molar-refractivity contribution in [3.05, 3.63) is 77.1 Å². The summed E-state index contributed by atoms with van der Waals surface area (Å²) in [7, 11) is 0. The Kier molecular flexibility index (Phi) is 2.62. The topological polar surface area (TPSA) is 52.0 Å². The minimum atomic E-state index is 0.895. The Bertz CT molecular complexity index is 1460.